The van der Waals surface area contributed by atoms with E-state index in [4.69, 9.17) is 11.6 Å². The molecule has 2 nitrogen and oxygen atoms in total. The quantitative estimate of drug-likeness (QED) is 0.767. The fourth-order valence-corrected chi connectivity index (χ4v) is 2.46. The van der Waals surface area contributed by atoms with Crippen molar-refractivity contribution in [3.8, 4) is 0 Å². The summed E-state index contributed by atoms with van der Waals surface area (Å²) in [4.78, 5) is 16.8. The summed E-state index contributed by atoms with van der Waals surface area (Å²) in [6.45, 7) is 0. The van der Waals surface area contributed by atoms with E-state index in [1.807, 2.05) is 30.3 Å². The Morgan fingerprint density at radius 3 is 2.68 bits per heavy atom. The Hall–Kier alpha value is -1.93. The monoisotopic (exact) mass is 269 g/mol. The molecule has 0 spiro atoms. The van der Waals surface area contributed by atoms with Crippen LogP contribution in [0.3, 0.4) is 0 Å². The number of rotatable bonds is 1. The van der Waals surface area contributed by atoms with Crippen molar-refractivity contribution >= 4 is 23.6 Å². The summed E-state index contributed by atoms with van der Waals surface area (Å²) in [5.41, 5.74) is 2.56. The summed E-state index contributed by atoms with van der Waals surface area (Å²) in [6.07, 6.45) is 2.15. The lowest BCUT2D eigenvalue weighted by molar-refractivity contribution is 0.0975. The molecule has 0 saturated carbocycles. The molecule has 94 valence electrons. The standard InChI is InChI=1S/C16H12ClNO/c17-13-6-7-14-12(8-13)10-18-15(9-16(14)19)11-4-2-1-3-5-11/h1-8,10,15H,9H2. The molecule has 1 aliphatic rings. The first-order chi connectivity index (χ1) is 9.24. The summed E-state index contributed by atoms with van der Waals surface area (Å²) in [5, 5.41) is 0.621. The first-order valence-electron chi connectivity index (χ1n) is 6.15. The minimum atomic E-state index is -0.111. The lowest BCUT2D eigenvalue weighted by atomic mass is 9.98. The third kappa shape index (κ3) is 2.45. The van der Waals surface area contributed by atoms with Gasteiger partial charge in [0.1, 0.15) is 0 Å². The lowest BCUT2D eigenvalue weighted by Crippen LogP contribution is -2.05. The van der Waals surface area contributed by atoms with E-state index in [9.17, 15) is 4.79 Å². The number of hydrogen-bond acceptors (Lipinski definition) is 2. The van der Waals surface area contributed by atoms with Crippen LogP contribution in [-0.2, 0) is 0 Å². The SMILES string of the molecule is O=C1CC(c2ccccc2)N=Cc2cc(Cl)ccc21. The third-order valence-corrected chi connectivity index (χ3v) is 3.51. The van der Waals surface area contributed by atoms with E-state index < -0.39 is 0 Å². The number of halogens is 1. The Kier molecular flexibility index (Phi) is 3.18. The zero-order valence-electron chi connectivity index (χ0n) is 10.2. The van der Waals surface area contributed by atoms with Crippen molar-refractivity contribution in [2.75, 3.05) is 0 Å². The predicted octanol–water partition coefficient (Wildman–Crippen LogP) is 4.09. The van der Waals surface area contributed by atoms with Gasteiger partial charge in [-0.05, 0) is 23.8 Å². The zero-order chi connectivity index (χ0) is 13.2. The molecule has 0 N–H and O–H groups in total. The molecule has 3 heteroatoms. The van der Waals surface area contributed by atoms with E-state index in [2.05, 4.69) is 4.99 Å². The molecule has 0 bridgehead atoms. The van der Waals surface area contributed by atoms with Crippen LogP contribution < -0.4 is 0 Å². The van der Waals surface area contributed by atoms with Gasteiger partial charge in [-0.15, -0.1) is 0 Å². The number of carbonyl (C=O) groups excluding carboxylic acids is 1. The van der Waals surface area contributed by atoms with Crippen molar-refractivity contribution in [1.82, 2.24) is 0 Å². The number of nitrogens with zero attached hydrogens (tertiary/aromatic N) is 1. The minimum absolute atomic E-state index is 0.109. The maximum Gasteiger partial charge on any atom is 0.166 e. The largest absolute Gasteiger partial charge is 0.294 e. The van der Waals surface area contributed by atoms with Gasteiger partial charge < -0.3 is 0 Å². The first kappa shape index (κ1) is 12.1. The van der Waals surface area contributed by atoms with E-state index in [1.165, 1.54) is 0 Å². The highest BCUT2D eigenvalue weighted by atomic mass is 35.5. The van der Waals surface area contributed by atoms with Gasteiger partial charge in [-0.2, -0.15) is 0 Å². The second-order valence-corrected chi connectivity index (χ2v) is 5.00. The number of benzene rings is 2. The molecule has 0 aliphatic carbocycles. The molecule has 2 aromatic carbocycles. The van der Waals surface area contributed by atoms with E-state index in [-0.39, 0.29) is 11.8 Å². The Morgan fingerprint density at radius 2 is 1.89 bits per heavy atom. The minimum Gasteiger partial charge on any atom is -0.294 e. The predicted molar refractivity (Wildman–Crippen MR) is 77.2 cm³/mol. The van der Waals surface area contributed by atoms with Crippen LogP contribution in [-0.4, -0.2) is 12.0 Å². The molecular weight excluding hydrogens is 258 g/mol. The molecule has 0 saturated heterocycles. The fraction of sp³-hybridized carbons (Fsp3) is 0.125. The maximum absolute atomic E-state index is 12.3. The van der Waals surface area contributed by atoms with Crippen LogP contribution in [0.15, 0.2) is 53.5 Å². The Morgan fingerprint density at radius 1 is 1.11 bits per heavy atom. The second kappa shape index (κ2) is 4.98. The van der Waals surface area contributed by atoms with Gasteiger partial charge in [-0.3, -0.25) is 9.79 Å². The first-order valence-corrected chi connectivity index (χ1v) is 6.53. The van der Waals surface area contributed by atoms with Gasteiger partial charge in [0.25, 0.3) is 0 Å². The van der Waals surface area contributed by atoms with Crippen LogP contribution >= 0.6 is 11.6 Å². The van der Waals surface area contributed by atoms with Gasteiger partial charge in [0.15, 0.2) is 5.78 Å². The summed E-state index contributed by atoms with van der Waals surface area (Å²) in [7, 11) is 0. The summed E-state index contributed by atoms with van der Waals surface area (Å²) in [6, 6.07) is 15.1. The Balaban J connectivity index is 2.00. The molecule has 2 aromatic rings. The van der Waals surface area contributed by atoms with E-state index >= 15 is 0 Å². The number of fused-ring (bicyclic) bond motifs is 1. The van der Waals surface area contributed by atoms with Gasteiger partial charge in [-0.25, -0.2) is 0 Å². The van der Waals surface area contributed by atoms with Crippen LogP contribution in [0.5, 0.6) is 0 Å². The number of Topliss-reactive ketones (excluding diaryl/α,β-unsaturated/α-hetero) is 1. The molecule has 3 rings (SSSR count). The molecule has 19 heavy (non-hydrogen) atoms. The molecule has 1 atom stereocenters. The van der Waals surface area contributed by atoms with E-state index in [1.54, 1.807) is 24.4 Å². The van der Waals surface area contributed by atoms with Crippen molar-refractivity contribution in [3.05, 3.63) is 70.2 Å². The summed E-state index contributed by atoms with van der Waals surface area (Å²) >= 11 is 5.96. The van der Waals surface area contributed by atoms with Crippen LogP contribution in [0.1, 0.15) is 33.9 Å². The fourth-order valence-electron chi connectivity index (χ4n) is 2.28. The smallest absolute Gasteiger partial charge is 0.166 e. The molecule has 0 radical (unpaired) electrons. The van der Waals surface area contributed by atoms with Crippen molar-refractivity contribution in [2.45, 2.75) is 12.5 Å². The van der Waals surface area contributed by atoms with Gasteiger partial charge in [0.05, 0.1) is 6.04 Å². The lowest BCUT2D eigenvalue weighted by Gasteiger charge is -2.09. The van der Waals surface area contributed by atoms with Crippen molar-refractivity contribution in [3.63, 3.8) is 0 Å². The molecular formula is C16H12ClNO. The number of hydrogen-bond donors (Lipinski definition) is 0. The van der Waals surface area contributed by atoms with Crippen molar-refractivity contribution in [2.24, 2.45) is 4.99 Å². The van der Waals surface area contributed by atoms with Gasteiger partial charge in [-0.1, -0.05) is 41.9 Å². The second-order valence-electron chi connectivity index (χ2n) is 4.56. The zero-order valence-corrected chi connectivity index (χ0v) is 11.0. The molecule has 0 fully saturated rings. The Bertz CT molecular complexity index is 649. The highest BCUT2D eigenvalue weighted by molar-refractivity contribution is 6.31. The molecule has 1 unspecified atom stereocenters. The molecule has 0 aromatic heterocycles. The number of ketones is 1. The van der Waals surface area contributed by atoms with E-state index in [0.717, 1.165) is 11.1 Å². The highest BCUT2D eigenvalue weighted by Gasteiger charge is 2.21. The van der Waals surface area contributed by atoms with Crippen molar-refractivity contribution in [1.29, 1.82) is 0 Å². The van der Waals surface area contributed by atoms with Crippen LogP contribution in [0, 0.1) is 0 Å². The van der Waals surface area contributed by atoms with Crippen LogP contribution in [0.4, 0.5) is 0 Å². The summed E-state index contributed by atoms with van der Waals surface area (Å²) < 4.78 is 0. The summed E-state index contributed by atoms with van der Waals surface area (Å²) in [5.74, 6) is 0.109. The van der Waals surface area contributed by atoms with Crippen LogP contribution in [0.2, 0.25) is 5.02 Å². The van der Waals surface area contributed by atoms with E-state index in [0.29, 0.717) is 17.0 Å². The van der Waals surface area contributed by atoms with Crippen molar-refractivity contribution < 1.29 is 4.79 Å². The van der Waals surface area contributed by atoms with Gasteiger partial charge in [0, 0.05) is 28.8 Å². The highest BCUT2D eigenvalue weighted by Crippen LogP contribution is 2.27. The molecule has 1 aliphatic heterocycles. The molecule has 1 heterocycles. The average Bonchev–Trinajstić information content (AvgIpc) is 2.59. The van der Waals surface area contributed by atoms with Crippen LogP contribution in [0.25, 0.3) is 0 Å². The van der Waals surface area contributed by atoms with Gasteiger partial charge in [0.2, 0.25) is 0 Å². The normalized spacial score (nSPS) is 17.9. The maximum atomic E-state index is 12.3. The number of aliphatic imine (C=N–C) groups is 1. The third-order valence-electron chi connectivity index (χ3n) is 3.27. The number of carbonyl (C=O) groups is 1. The molecule has 0 amide bonds. The van der Waals surface area contributed by atoms with Gasteiger partial charge >= 0.3 is 0 Å². The topological polar surface area (TPSA) is 29.4 Å². The Labute approximate surface area is 116 Å². The average molecular weight is 270 g/mol.